The van der Waals surface area contributed by atoms with E-state index >= 15 is 0 Å². The van der Waals surface area contributed by atoms with Crippen molar-refractivity contribution in [2.75, 3.05) is 0 Å². The van der Waals surface area contributed by atoms with Gasteiger partial charge in [0.05, 0.1) is 16.8 Å². The Hall–Kier alpha value is -2.81. The SMILES string of the molecule is NC(=O)C(=O)N/N=C\c1ccc(-c2ccc(Cl)c(C(F)(F)F)c2)o1. The first-order valence-electron chi connectivity index (χ1n) is 6.28. The van der Waals surface area contributed by atoms with Crippen LogP contribution in [0.4, 0.5) is 13.2 Å². The highest BCUT2D eigenvalue weighted by Gasteiger charge is 2.33. The second-order valence-electron chi connectivity index (χ2n) is 4.46. The Morgan fingerprint density at radius 3 is 2.58 bits per heavy atom. The third-order valence-corrected chi connectivity index (χ3v) is 3.09. The topological polar surface area (TPSA) is 97.7 Å². The molecule has 24 heavy (non-hydrogen) atoms. The van der Waals surface area contributed by atoms with E-state index in [1.807, 2.05) is 5.43 Å². The van der Waals surface area contributed by atoms with Gasteiger partial charge in [0, 0.05) is 5.56 Å². The number of nitrogens with one attached hydrogen (secondary N) is 1. The zero-order chi connectivity index (χ0) is 17.9. The van der Waals surface area contributed by atoms with Crippen molar-refractivity contribution in [3.05, 3.63) is 46.7 Å². The van der Waals surface area contributed by atoms with Gasteiger partial charge < -0.3 is 10.2 Å². The third-order valence-electron chi connectivity index (χ3n) is 2.76. The molecular formula is C14H9ClF3N3O3. The number of carbonyl (C=O) groups is 2. The van der Waals surface area contributed by atoms with Crippen molar-refractivity contribution >= 4 is 29.6 Å². The van der Waals surface area contributed by atoms with Crippen molar-refractivity contribution in [3.8, 4) is 11.3 Å². The molecule has 0 saturated carbocycles. The lowest BCUT2D eigenvalue weighted by Gasteiger charge is -2.09. The standard InChI is InChI=1S/C14H9ClF3N3O3/c15-10-3-1-7(5-9(10)14(16,17)18)11-4-2-8(24-11)6-20-21-13(23)12(19)22/h1-6H,(H2,19,22)(H,21,23)/b20-6-. The first-order chi connectivity index (χ1) is 11.2. The molecule has 0 aliphatic heterocycles. The predicted molar refractivity (Wildman–Crippen MR) is 79.1 cm³/mol. The highest BCUT2D eigenvalue weighted by atomic mass is 35.5. The van der Waals surface area contributed by atoms with Crippen LogP contribution in [0.5, 0.6) is 0 Å². The number of carbonyl (C=O) groups excluding carboxylic acids is 2. The Labute approximate surface area is 138 Å². The molecule has 0 bridgehead atoms. The summed E-state index contributed by atoms with van der Waals surface area (Å²) in [5.74, 6) is -2.06. The molecule has 3 N–H and O–H groups in total. The zero-order valence-electron chi connectivity index (χ0n) is 11.7. The minimum atomic E-state index is -4.59. The molecule has 0 fully saturated rings. The number of hydrogen-bond acceptors (Lipinski definition) is 4. The molecule has 0 aliphatic carbocycles. The molecule has 6 nitrogen and oxygen atoms in total. The molecule has 0 aliphatic rings. The quantitative estimate of drug-likeness (QED) is 0.500. The Morgan fingerprint density at radius 2 is 1.96 bits per heavy atom. The molecule has 0 spiro atoms. The second-order valence-corrected chi connectivity index (χ2v) is 4.86. The van der Waals surface area contributed by atoms with E-state index in [1.165, 1.54) is 18.2 Å². The fraction of sp³-hybridized carbons (Fsp3) is 0.0714. The van der Waals surface area contributed by atoms with Gasteiger partial charge in [0.15, 0.2) is 0 Å². The minimum Gasteiger partial charge on any atom is -0.455 e. The highest BCUT2D eigenvalue weighted by molar-refractivity contribution is 6.34. The van der Waals surface area contributed by atoms with Crippen LogP contribution < -0.4 is 11.2 Å². The van der Waals surface area contributed by atoms with Crippen LogP contribution in [0.3, 0.4) is 0 Å². The van der Waals surface area contributed by atoms with Crippen molar-refractivity contribution in [2.45, 2.75) is 6.18 Å². The molecule has 2 aromatic rings. The highest BCUT2D eigenvalue weighted by Crippen LogP contribution is 2.37. The molecule has 0 radical (unpaired) electrons. The lowest BCUT2D eigenvalue weighted by molar-refractivity contribution is -0.137. The van der Waals surface area contributed by atoms with Gasteiger partial charge >= 0.3 is 18.0 Å². The number of amides is 2. The number of furan rings is 1. The van der Waals surface area contributed by atoms with Gasteiger partial charge in [-0.2, -0.15) is 18.3 Å². The zero-order valence-corrected chi connectivity index (χ0v) is 12.5. The fourth-order valence-corrected chi connectivity index (χ4v) is 1.91. The molecule has 0 atom stereocenters. The summed E-state index contributed by atoms with van der Waals surface area (Å²) in [7, 11) is 0. The van der Waals surface area contributed by atoms with Gasteiger partial charge in [0.2, 0.25) is 0 Å². The average Bonchev–Trinajstić information content (AvgIpc) is 2.95. The summed E-state index contributed by atoms with van der Waals surface area (Å²) in [6.07, 6.45) is -3.53. The lowest BCUT2D eigenvalue weighted by Crippen LogP contribution is -2.32. The van der Waals surface area contributed by atoms with Gasteiger partial charge in [-0.15, -0.1) is 0 Å². The monoisotopic (exact) mass is 359 g/mol. The third kappa shape index (κ3) is 4.13. The summed E-state index contributed by atoms with van der Waals surface area (Å²) in [5, 5.41) is 3.00. The molecule has 2 amide bonds. The maximum atomic E-state index is 12.8. The Morgan fingerprint density at radius 1 is 1.25 bits per heavy atom. The summed E-state index contributed by atoms with van der Waals surface area (Å²) in [6, 6.07) is 6.17. The molecule has 1 heterocycles. The van der Waals surface area contributed by atoms with Crippen LogP contribution in [0.2, 0.25) is 5.02 Å². The van der Waals surface area contributed by atoms with E-state index in [9.17, 15) is 22.8 Å². The van der Waals surface area contributed by atoms with Crippen LogP contribution in [-0.4, -0.2) is 18.0 Å². The number of primary amides is 1. The summed E-state index contributed by atoms with van der Waals surface area (Å²) in [5.41, 5.74) is 5.73. The Bertz CT molecular complexity index is 815. The second kappa shape index (κ2) is 6.75. The molecule has 1 aromatic carbocycles. The number of benzene rings is 1. The lowest BCUT2D eigenvalue weighted by atomic mass is 10.1. The van der Waals surface area contributed by atoms with Crippen LogP contribution in [0, 0.1) is 0 Å². The predicted octanol–water partition coefficient (Wildman–Crippen LogP) is 2.55. The molecular weight excluding hydrogens is 351 g/mol. The number of alkyl halides is 3. The van der Waals surface area contributed by atoms with E-state index in [1.54, 1.807) is 0 Å². The Balaban J connectivity index is 2.21. The van der Waals surface area contributed by atoms with Gasteiger partial charge in [0.1, 0.15) is 11.5 Å². The van der Waals surface area contributed by atoms with E-state index in [0.29, 0.717) is 0 Å². The van der Waals surface area contributed by atoms with E-state index in [2.05, 4.69) is 5.10 Å². The maximum absolute atomic E-state index is 12.8. The van der Waals surface area contributed by atoms with Crippen LogP contribution in [0.1, 0.15) is 11.3 Å². The molecule has 126 valence electrons. The number of nitrogens with zero attached hydrogens (tertiary/aromatic N) is 1. The molecule has 0 unspecified atom stereocenters. The van der Waals surface area contributed by atoms with Crippen molar-refractivity contribution in [3.63, 3.8) is 0 Å². The van der Waals surface area contributed by atoms with Crippen molar-refractivity contribution < 1.29 is 27.2 Å². The van der Waals surface area contributed by atoms with Crippen LogP contribution in [0.15, 0.2) is 39.9 Å². The van der Waals surface area contributed by atoms with E-state index in [-0.39, 0.29) is 17.1 Å². The van der Waals surface area contributed by atoms with Crippen LogP contribution in [0.25, 0.3) is 11.3 Å². The fourth-order valence-electron chi connectivity index (χ4n) is 1.68. The number of hydrazone groups is 1. The smallest absolute Gasteiger partial charge is 0.417 e. The maximum Gasteiger partial charge on any atom is 0.417 e. The summed E-state index contributed by atoms with van der Waals surface area (Å²) in [4.78, 5) is 21.4. The van der Waals surface area contributed by atoms with E-state index in [4.69, 9.17) is 21.8 Å². The Kier molecular flexibility index (Phi) is 4.93. The molecule has 10 heteroatoms. The first-order valence-corrected chi connectivity index (χ1v) is 6.66. The summed E-state index contributed by atoms with van der Waals surface area (Å²) in [6.45, 7) is 0. The summed E-state index contributed by atoms with van der Waals surface area (Å²) >= 11 is 5.55. The average molecular weight is 360 g/mol. The van der Waals surface area contributed by atoms with Gasteiger partial charge in [-0.1, -0.05) is 11.6 Å². The van der Waals surface area contributed by atoms with Crippen LogP contribution in [-0.2, 0) is 15.8 Å². The number of nitrogens with two attached hydrogens (primary N) is 1. The van der Waals surface area contributed by atoms with Gasteiger partial charge in [-0.25, -0.2) is 5.43 Å². The normalized spacial score (nSPS) is 11.7. The first kappa shape index (κ1) is 17.5. The van der Waals surface area contributed by atoms with E-state index < -0.39 is 28.6 Å². The van der Waals surface area contributed by atoms with Crippen molar-refractivity contribution in [2.24, 2.45) is 10.8 Å². The molecule has 0 saturated heterocycles. The summed E-state index contributed by atoms with van der Waals surface area (Å²) < 4.78 is 43.8. The number of halogens is 4. The van der Waals surface area contributed by atoms with Gasteiger partial charge in [-0.05, 0) is 30.3 Å². The minimum absolute atomic E-state index is 0.137. The van der Waals surface area contributed by atoms with Crippen LogP contribution >= 0.6 is 11.6 Å². The van der Waals surface area contributed by atoms with Gasteiger partial charge in [-0.3, -0.25) is 9.59 Å². The van der Waals surface area contributed by atoms with Gasteiger partial charge in [0.25, 0.3) is 0 Å². The van der Waals surface area contributed by atoms with Crippen molar-refractivity contribution in [1.29, 1.82) is 0 Å². The molecule has 2 rings (SSSR count). The molecule has 1 aromatic heterocycles. The van der Waals surface area contributed by atoms with Crippen molar-refractivity contribution in [1.82, 2.24) is 5.43 Å². The number of rotatable bonds is 3. The largest absolute Gasteiger partial charge is 0.455 e. The number of hydrogen-bond donors (Lipinski definition) is 2. The van der Waals surface area contributed by atoms with E-state index in [0.717, 1.165) is 18.3 Å².